The van der Waals surface area contributed by atoms with Crippen molar-refractivity contribution in [3.63, 3.8) is 0 Å². The highest BCUT2D eigenvalue weighted by atomic mass is 16.6. The number of hydrogen-bond acceptors (Lipinski definition) is 6. The number of amides is 3. The van der Waals surface area contributed by atoms with Gasteiger partial charge in [-0.25, -0.2) is 9.59 Å². The molecule has 3 amide bonds. The van der Waals surface area contributed by atoms with Crippen molar-refractivity contribution < 1.29 is 23.9 Å². The van der Waals surface area contributed by atoms with Crippen molar-refractivity contribution in [2.75, 3.05) is 45.9 Å². The van der Waals surface area contributed by atoms with Crippen LogP contribution in [-0.2, 0) is 14.3 Å². The van der Waals surface area contributed by atoms with Gasteiger partial charge in [0.15, 0.2) is 0 Å². The van der Waals surface area contributed by atoms with Crippen molar-refractivity contribution >= 4 is 18.1 Å². The first-order valence-corrected chi connectivity index (χ1v) is 11.0. The number of ether oxygens (including phenoxy) is 2. The molecule has 3 atom stereocenters. The van der Waals surface area contributed by atoms with Crippen molar-refractivity contribution in [2.45, 2.75) is 65.6 Å². The third kappa shape index (κ3) is 6.48. The highest BCUT2D eigenvalue weighted by molar-refractivity contribution is 5.79. The van der Waals surface area contributed by atoms with Crippen LogP contribution in [0.15, 0.2) is 0 Å². The van der Waals surface area contributed by atoms with Crippen molar-refractivity contribution in [1.29, 1.82) is 0 Å². The van der Waals surface area contributed by atoms with Crippen molar-refractivity contribution in [3.8, 4) is 0 Å². The van der Waals surface area contributed by atoms with E-state index in [-0.39, 0.29) is 36.7 Å². The molecule has 9 heteroatoms. The molecule has 0 radical (unpaired) electrons. The molecule has 2 heterocycles. The van der Waals surface area contributed by atoms with Gasteiger partial charge in [0.25, 0.3) is 0 Å². The molecule has 0 aliphatic carbocycles. The Kier molecular flexibility index (Phi) is 8.34. The molecular formula is C21H38N4O5. The van der Waals surface area contributed by atoms with Gasteiger partial charge in [0.1, 0.15) is 5.60 Å². The minimum atomic E-state index is -0.537. The number of likely N-dealkylation sites (tertiary alicyclic amines) is 1. The Morgan fingerprint density at radius 2 is 1.57 bits per heavy atom. The predicted molar refractivity (Wildman–Crippen MR) is 113 cm³/mol. The number of piperazine rings is 1. The number of carbonyl (C=O) groups excluding carboxylic acids is 3. The van der Waals surface area contributed by atoms with Crippen LogP contribution in [0.2, 0.25) is 0 Å². The van der Waals surface area contributed by atoms with Gasteiger partial charge in [-0.1, -0.05) is 6.92 Å². The number of nitrogens with zero attached hydrogens (tertiary/aromatic N) is 3. The Hall–Kier alpha value is -2.03. The number of rotatable bonds is 4. The van der Waals surface area contributed by atoms with Gasteiger partial charge in [0, 0.05) is 44.8 Å². The maximum atomic E-state index is 12.7. The van der Waals surface area contributed by atoms with E-state index in [4.69, 9.17) is 9.47 Å². The maximum absolute atomic E-state index is 12.7. The van der Waals surface area contributed by atoms with Gasteiger partial charge in [-0.3, -0.25) is 4.79 Å². The molecule has 2 aliphatic heterocycles. The molecule has 2 aliphatic rings. The number of piperidine rings is 1. The first-order valence-electron chi connectivity index (χ1n) is 11.0. The number of nitrogens with one attached hydrogen (secondary N) is 1. The summed E-state index contributed by atoms with van der Waals surface area (Å²) in [5, 5.41) is 3.37. The van der Waals surface area contributed by atoms with Crippen molar-refractivity contribution in [2.24, 2.45) is 5.92 Å². The van der Waals surface area contributed by atoms with Gasteiger partial charge in [-0.05, 0) is 47.0 Å². The molecule has 2 rings (SSSR count). The number of hydrogen-bond donors (Lipinski definition) is 1. The van der Waals surface area contributed by atoms with Crippen LogP contribution in [0, 0.1) is 5.92 Å². The highest BCUT2D eigenvalue weighted by Gasteiger charge is 2.37. The van der Waals surface area contributed by atoms with Crippen molar-refractivity contribution in [1.82, 2.24) is 20.0 Å². The summed E-state index contributed by atoms with van der Waals surface area (Å²) in [5.41, 5.74) is -0.537. The van der Waals surface area contributed by atoms with Crippen LogP contribution in [0.3, 0.4) is 0 Å². The van der Waals surface area contributed by atoms with Crippen LogP contribution in [0.25, 0.3) is 0 Å². The SMILES string of the molecule is CCOC(=O)N1CCN(C(=O)CN[C@H]2[C@@H](C)N(C(=O)OC(C)(C)C)CC[C@@H]2C)CC1. The zero-order chi connectivity index (χ0) is 22.5. The Morgan fingerprint density at radius 3 is 2.13 bits per heavy atom. The molecule has 30 heavy (non-hydrogen) atoms. The third-order valence-electron chi connectivity index (χ3n) is 5.73. The van der Waals surface area contributed by atoms with Gasteiger partial charge in [-0.2, -0.15) is 0 Å². The van der Waals surface area contributed by atoms with Crippen LogP contribution in [0.4, 0.5) is 9.59 Å². The second kappa shape index (κ2) is 10.3. The summed E-state index contributed by atoms with van der Waals surface area (Å²) >= 11 is 0. The molecule has 0 bridgehead atoms. The average molecular weight is 427 g/mol. The summed E-state index contributed by atoms with van der Waals surface area (Å²) in [7, 11) is 0. The highest BCUT2D eigenvalue weighted by Crippen LogP contribution is 2.25. The molecule has 0 spiro atoms. The molecule has 1 N–H and O–H groups in total. The molecule has 2 fully saturated rings. The largest absolute Gasteiger partial charge is 0.450 e. The lowest BCUT2D eigenvalue weighted by molar-refractivity contribution is -0.132. The molecule has 172 valence electrons. The van der Waals surface area contributed by atoms with Gasteiger partial charge in [-0.15, -0.1) is 0 Å². The van der Waals surface area contributed by atoms with E-state index >= 15 is 0 Å². The summed E-state index contributed by atoms with van der Waals surface area (Å²) in [5.74, 6) is 0.347. The third-order valence-corrected chi connectivity index (χ3v) is 5.73. The molecule has 0 aromatic rings. The van der Waals surface area contributed by atoms with Crippen LogP contribution in [0.5, 0.6) is 0 Å². The van der Waals surface area contributed by atoms with Gasteiger partial charge >= 0.3 is 12.2 Å². The second-order valence-electron chi connectivity index (χ2n) is 9.15. The van der Waals surface area contributed by atoms with Crippen LogP contribution in [-0.4, -0.2) is 96.4 Å². The Balaban J connectivity index is 1.85. The van der Waals surface area contributed by atoms with E-state index in [1.54, 1.807) is 21.6 Å². The lowest BCUT2D eigenvalue weighted by atomic mass is 9.87. The summed E-state index contributed by atoms with van der Waals surface area (Å²) in [6.45, 7) is 14.7. The smallest absolute Gasteiger partial charge is 0.410 e. The number of carbonyl (C=O) groups is 3. The molecule has 0 unspecified atom stereocenters. The predicted octanol–water partition coefficient (Wildman–Crippen LogP) is 1.91. The van der Waals surface area contributed by atoms with Crippen LogP contribution < -0.4 is 5.32 Å². The Bertz CT molecular complexity index is 613. The van der Waals surface area contributed by atoms with E-state index in [9.17, 15) is 14.4 Å². The van der Waals surface area contributed by atoms with E-state index in [0.29, 0.717) is 45.2 Å². The topological polar surface area (TPSA) is 91.4 Å². The zero-order valence-corrected chi connectivity index (χ0v) is 19.3. The van der Waals surface area contributed by atoms with E-state index in [1.165, 1.54) is 0 Å². The zero-order valence-electron chi connectivity index (χ0n) is 19.3. The van der Waals surface area contributed by atoms with Gasteiger partial charge in [0.2, 0.25) is 5.91 Å². The molecule has 9 nitrogen and oxygen atoms in total. The lowest BCUT2D eigenvalue weighted by Gasteiger charge is -2.43. The van der Waals surface area contributed by atoms with E-state index in [0.717, 1.165) is 6.42 Å². The van der Waals surface area contributed by atoms with Crippen LogP contribution in [0.1, 0.15) is 48.0 Å². The molecular weight excluding hydrogens is 388 g/mol. The van der Waals surface area contributed by atoms with Gasteiger partial charge < -0.3 is 29.5 Å². The average Bonchev–Trinajstić information content (AvgIpc) is 2.66. The molecule has 0 aromatic carbocycles. The fourth-order valence-corrected chi connectivity index (χ4v) is 4.02. The quantitative estimate of drug-likeness (QED) is 0.738. The summed E-state index contributed by atoms with van der Waals surface area (Å²) in [6.07, 6.45) is 0.220. The van der Waals surface area contributed by atoms with E-state index in [2.05, 4.69) is 12.2 Å². The summed E-state index contributed by atoms with van der Waals surface area (Å²) in [4.78, 5) is 42.2. The standard InChI is InChI=1S/C21H38N4O5/c1-7-29-19(27)24-12-10-23(11-13-24)17(26)14-22-18-15(2)8-9-25(16(18)3)20(28)30-21(4,5)6/h15-16,18,22H,7-14H2,1-6H3/t15-,16+,18+/m0/s1. The fourth-order valence-electron chi connectivity index (χ4n) is 4.02. The molecule has 0 aromatic heterocycles. The normalized spacial score (nSPS) is 25.1. The fraction of sp³-hybridized carbons (Fsp3) is 0.857. The summed E-state index contributed by atoms with van der Waals surface area (Å²) in [6, 6.07) is -0.0619. The summed E-state index contributed by atoms with van der Waals surface area (Å²) < 4.78 is 10.6. The van der Waals surface area contributed by atoms with Crippen LogP contribution >= 0.6 is 0 Å². The minimum absolute atomic E-state index is 0.00676. The first kappa shape index (κ1) is 24.2. The first-order chi connectivity index (χ1) is 14.0. The Morgan fingerprint density at radius 1 is 0.967 bits per heavy atom. The van der Waals surface area contributed by atoms with Gasteiger partial charge in [0.05, 0.1) is 13.2 Å². The van der Waals surface area contributed by atoms with E-state index in [1.807, 2.05) is 27.7 Å². The maximum Gasteiger partial charge on any atom is 0.410 e. The lowest BCUT2D eigenvalue weighted by Crippen LogP contribution is -2.60. The second-order valence-corrected chi connectivity index (χ2v) is 9.15. The van der Waals surface area contributed by atoms with E-state index < -0.39 is 5.60 Å². The minimum Gasteiger partial charge on any atom is -0.450 e. The Labute approximate surface area is 180 Å². The molecule has 2 saturated heterocycles. The monoisotopic (exact) mass is 426 g/mol. The van der Waals surface area contributed by atoms with Crippen molar-refractivity contribution in [3.05, 3.63) is 0 Å². The molecule has 0 saturated carbocycles.